The summed E-state index contributed by atoms with van der Waals surface area (Å²) >= 11 is 0. The van der Waals surface area contributed by atoms with Gasteiger partial charge in [0.1, 0.15) is 5.75 Å². The Hall–Kier alpha value is -2.50. The van der Waals surface area contributed by atoms with Crippen LogP contribution in [0.25, 0.3) is 0 Å². The number of hydrogen-bond donors (Lipinski definition) is 1. The number of para-hydroxylation sites is 1. The van der Waals surface area contributed by atoms with Crippen LogP contribution in [0.2, 0.25) is 0 Å². The second-order valence-electron chi connectivity index (χ2n) is 5.76. The van der Waals surface area contributed by atoms with Gasteiger partial charge >= 0.3 is 6.18 Å². The van der Waals surface area contributed by atoms with Crippen molar-refractivity contribution in [2.24, 2.45) is 0 Å². The van der Waals surface area contributed by atoms with Gasteiger partial charge in [0.05, 0.1) is 11.3 Å². The molecule has 2 rings (SSSR count). The molecular weight excluding hydrogens is 331 g/mol. The van der Waals surface area contributed by atoms with Crippen molar-refractivity contribution in [3.63, 3.8) is 0 Å². The van der Waals surface area contributed by atoms with Crippen molar-refractivity contribution in [3.8, 4) is 5.75 Å². The van der Waals surface area contributed by atoms with Gasteiger partial charge in [-0.25, -0.2) is 0 Å². The molecule has 25 heavy (non-hydrogen) atoms. The predicted octanol–water partition coefficient (Wildman–Crippen LogP) is 5.24. The molecule has 3 nitrogen and oxygen atoms in total. The van der Waals surface area contributed by atoms with Crippen LogP contribution in [0.1, 0.15) is 37.3 Å². The minimum Gasteiger partial charge on any atom is -0.484 e. The van der Waals surface area contributed by atoms with E-state index in [0.717, 1.165) is 12.5 Å². The van der Waals surface area contributed by atoms with E-state index in [2.05, 4.69) is 19.2 Å². The molecule has 0 unspecified atom stereocenters. The highest BCUT2D eigenvalue weighted by Gasteiger charge is 2.33. The molecule has 0 radical (unpaired) electrons. The normalized spacial score (nSPS) is 12.5. The van der Waals surface area contributed by atoms with Gasteiger partial charge in [0.15, 0.2) is 6.61 Å². The number of carbonyl (C=O) groups excluding carboxylic acids is 1. The molecule has 0 aliphatic rings. The SMILES string of the molecule is CC[C@H](C)c1ccc(OCC(=O)Nc2ccccc2C(F)(F)F)cc1. The molecule has 0 aliphatic heterocycles. The maximum atomic E-state index is 12.9. The lowest BCUT2D eigenvalue weighted by atomic mass is 9.99. The molecule has 0 spiro atoms. The molecular formula is C19H20F3NO2. The summed E-state index contributed by atoms with van der Waals surface area (Å²) in [6.07, 6.45) is -3.52. The highest BCUT2D eigenvalue weighted by molar-refractivity contribution is 5.92. The summed E-state index contributed by atoms with van der Waals surface area (Å²) in [5, 5.41) is 2.24. The number of alkyl halides is 3. The molecule has 2 aromatic rings. The fraction of sp³-hybridized carbons (Fsp3) is 0.316. The second-order valence-corrected chi connectivity index (χ2v) is 5.76. The smallest absolute Gasteiger partial charge is 0.418 e. The number of amides is 1. The molecule has 1 atom stereocenters. The van der Waals surface area contributed by atoms with Crippen LogP contribution in [0.15, 0.2) is 48.5 Å². The molecule has 0 aliphatic carbocycles. The zero-order chi connectivity index (χ0) is 18.4. The Morgan fingerprint density at radius 2 is 1.76 bits per heavy atom. The summed E-state index contributed by atoms with van der Waals surface area (Å²) in [6.45, 7) is 3.84. The van der Waals surface area contributed by atoms with Gasteiger partial charge in [0, 0.05) is 0 Å². The number of rotatable bonds is 6. The largest absolute Gasteiger partial charge is 0.484 e. The van der Waals surface area contributed by atoms with Crippen molar-refractivity contribution < 1.29 is 22.7 Å². The Kier molecular flexibility index (Phi) is 6.07. The average Bonchev–Trinajstić information content (AvgIpc) is 2.59. The topological polar surface area (TPSA) is 38.3 Å². The Morgan fingerprint density at radius 1 is 1.12 bits per heavy atom. The van der Waals surface area contributed by atoms with Crippen molar-refractivity contribution in [1.29, 1.82) is 0 Å². The van der Waals surface area contributed by atoms with Gasteiger partial charge in [-0.1, -0.05) is 38.1 Å². The summed E-state index contributed by atoms with van der Waals surface area (Å²) in [5.74, 6) is 0.269. The zero-order valence-corrected chi connectivity index (χ0v) is 14.1. The quantitative estimate of drug-likeness (QED) is 0.773. The van der Waals surface area contributed by atoms with E-state index in [-0.39, 0.29) is 12.3 Å². The Labute approximate surface area is 144 Å². The highest BCUT2D eigenvalue weighted by Crippen LogP contribution is 2.34. The van der Waals surface area contributed by atoms with E-state index in [1.807, 2.05) is 12.1 Å². The highest BCUT2D eigenvalue weighted by atomic mass is 19.4. The van der Waals surface area contributed by atoms with Crippen LogP contribution >= 0.6 is 0 Å². The van der Waals surface area contributed by atoms with E-state index in [1.165, 1.54) is 23.8 Å². The molecule has 134 valence electrons. The molecule has 0 saturated heterocycles. The first kappa shape index (κ1) is 18.8. The van der Waals surface area contributed by atoms with Crippen molar-refractivity contribution in [1.82, 2.24) is 0 Å². The predicted molar refractivity (Wildman–Crippen MR) is 90.7 cm³/mol. The molecule has 1 N–H and O–H groups in total. The lowest BCUT2D eigenvalue weighted by Gasteiger charge is -2.14. The number of carbonyl (C=O) groups is 1. The summed E-state index contributed by atoms with van der Waals surface area (Å²) in [6, 6.07) is 12.2. The lowest BCUT2D eigenvalue weighted by Crippen LogP contribution is -2.22. The monoisotopic (exact) mass is 351 g/mol. The van der Waals surface area contributed by atoms with Crippen LogP contribution in [0, 0.1) is 0 Å². The number of benzene rings is 2. The number of nitrogens with one attached hydrogen (secondary N) is 1. The summed E-state index contributed by atoms with van der Waals surface area (Å²) < 4.78 is 44.0. The molecule has 1 amide bonds. The third-order valence-electron chi connectivity index (χ3n) is 3.94. The first-order valence-electron chi connectivity index (χ1n) is 8.00. The summed E-state index contributed by atoms with van der Waals surface area (Å²) in [7, 11) is 0. The van der Waals surface area contributed by atoms with E-state index in [9.17, 15) is 18.0 Å². The standard InChI is InChI=1S/C19H20F3NO2/c1-3-13(2)14-8-10-15(11-9-14)25-12-18(24)23-17-7-5-4-6-16(17)19(20,21)22/h4-11,13H,3,12H2,1-2H3,(H,23,24)/t13-/m0/s1. The Morgan fingerprint density at radius 3 is 2.36 bits per heavy atom. The Bertz CT molecular complexity index is 711. The van der Waals surface area contributed by atoms with E-state index in [4.69, 9.17) is 4.74 Å². The van der Waals surface area contributed by atoms with Gasteiger partial charge < -0.3 is 10.1 Å². The van der Waals surface area contributed by atoms with Crippen molar-refractivity contribution in [2.45, 2.75) is 32.4 Å². The van der Waals surface area contributed by atoms with Crippen LogP contribution in [-0.2, 0) is 11.0 Å². The lowest BCUT2D eigenvalue weighted by molar-refractivity contribution is -0.137. The van der Waals surface area contributed by atoms with E-state index in [1.54, 1.807) is 12.1 Å². The number of hydrogen-bond acceptors (Lipinski definition) is 2. The van der Waals surface area contributed by atoms with Gasteiger partial charge in [-0.05, 0) is 42.2 Å². The molecule has 0 saturated carbocycles. The summed E-state index contributed by atoms with van der Waals surface area (Å²) in [4.78, 5) is 11.9. The third-order valence-corrected chi connectivity index (χ3v) is 3.94. The maximum Gasteiger partial charge on any atom is 0.418 e. The summed E-state index contributed by atoms with van der Waals surface area (Å²) in [5.41, 5.74) is -0.00428. The van der Waals surface area contributed by atoms with Crippen LogP contribution in [0.4, 0.5) is 18.9 Å². The molecule has 2 aromatic carbocycles. The number of anilines is 1. The van der Waals surface area contributed by atoms with Crippen molar-refractivity contribution >= 4 is 11.6 Å². The van der Waals surface area contributed by atoms with Crippen molar-refractivity contribution in [2.75, 3.05) is 11.9 Å². The molecule has 0 bridgehead atoms. The van der Waals surface area contributed by atoms with E-state index < -0.39 is 17.6 Å². The van der Waals surface area contributed by atoms with Crippen LogP contribution in [-0.4, -0.2) is 12.5 Å². The van der Waals surface area contributed by atoms with Crippen LogP contribution < -0.4 is 10.1 Å². The van der Waals surface area contributed by atoms with Crippen molar-refractivity contribution in [3.05, 3.63) is 59.7 Å². The van der Waals surface area contributed by atoms with Crippen LogP contribution in [0.5, 0.6) is 5.75 Å². The zero-order valence-electron chi connectivity index (χ0n) is 14.1. The minimum atomic E-state index is -4.53. The minimum absolute atomic E-state index is 0.282. The van der Waals surface area contributed by atoms with Crippen LogP contribution in [0.3, 0.4) is 0 Å². The molecule has 0 fully saturated rings. The van der Waals surface area contributed by atoms with E-state index >= 15 is 0 Å². The van der Waals surface area contributed by atoms with Gasteiger partial charge in [-0.15, -0.1) is 0 Å². The van der Waals surface area contributed by atoms with E-state index in [0.29, 0.717) is 11.7 Å². The van der Waals surface area contributed by atoms with Gasteiger partial charge in [-0.2, -0.15) is 13.2 Å². The fourth-order valence-corrected chi connectivity index (χ4v) is 2.30. The average molecular weight is 351 g/mol. The first-order chi connectivity index (χ1) is 11.8. The van der Waals surface area contributed by atoms with Gasteiger partial charge in [0.2, 0.25) is 0 Å². The maximum absolute atomic E-state index is 12.9. The van der Waals surface area contributed by atoms with Gasteiger partial charge in [-0.3, -0.25) is 4.79 Å². The first-order valence-corrected chi connectivity index (χ1v) is 8.00. The number of halogens is 3. The second kappa shape index (κ2) is 8.05. The molecule has 0 aromatic heterocycles. The molecule has 0 heterocycles. The Balaban J connectivity index is 1.96. The molecule has 6 heteroatoms. The number of ether oxygens (including phenoxy) is 1. The van der Waals surface area contributed by atoms with Gasteiger partial charge in [0.25, 0.3) is 5.91 Å². The third kappa shape index (κ3) is 5.24. The fourth-order valence-electron chi connectivity index (χ4n) is 2.30.